The molecule has 1 aromatic heterocycles. The van der Waals surface area contributed by atoms with Crippen LogP contribution in [0.25, 0.3) is 0 Å². The van der Waals surface area contributed by atoms with Crippen LogP contribution in [0.2, 0.25) is 0 Å². The van der Waals surface area contributed by atoms with E-state index in [1.165, 1.54) is 12.8 Å². The van der Waals surface area contributed by atoms with Crippen molar-refractivity contribution in [2.24, 2.45) is 0 Å². The first-order valence-corrected chi connectivity index (χ1v) is 8.62. The summed E-state index contributed by atoms with van der Waals surface area (Å²) in [5, 5.41) is 10.2. The molecule has 2 N–H and O–H groups in total. The van der Waals surface area contributed by atoms with Crippen LogP contribution in [-0.4, -0.2) is 40.3 Å². The number of hydrogen-bond donors (Lipinski definition) is 2. The van der Waals surface area contributed by atoms with Gasteiger partial charge in [0.1, 0.15) is 0 Å². The van der Waals surface area contributed by atoms with Gasteiger partial charge in [-0.3, -0.25) is 4.68 Å². The SMILES string of the molecule is CCn1cc(NC(=O)NC(CN2CCCC2)c2ccccc2)cn1. The van der Waals surface area contributed by atoms with Crippen molar-refractivity contribution in [1.82, 2.24) is 20.0 Å². The Balaban J connectivity index is 1.64. The quantitative estimate of drug-likeness (QED) is 0.857. The predicted molar refractivity (Wildman–Crippen MR) is 94.9 cm³/mol. The number of rotatable bonds is 6. The van der Waals surface area contributed by atoms with Crippen LogP contribution < -0.4 is 10.6 Å². The number of carbonyl (C=O) groups is 1. The van der Waals surface area contributed by atoms with E-state index < -0.39 is 0 Å². The zero-order chi connectivity index (χ0) is 16.8. The first kappa shape index (κ1) is 16.5. The van der Waals surface area contributed by atoms with Crippen LogP contribution in [-0.2, 0) is 6.54 Å². The van der Waals surface area contributed by atoms with Crippen LogP contribution in [0.4, 0.5) is 10.5 Å². The fourth-order valence-corrected chi connectivity index (χ4v) is 3.07. The highest BCUT2D eigenvalue weighted by molar-refractivity contribution is 5.89. The minimum Gasteiger partial charge on any atom is -0.330 e. The molecule has 1 aliphatic rings. The lowest BCUT2D eigenvalue weighted by Crippen LogP contribution is -2.39. The van der Waals surface area contributed by atoms with E-state index in [-0.39, 0.29) is 12.1 Å². The molecule has 2 amide bonds. The Morgan fingerprint density at radius 2 is 2.00 bits per heavy atom. The second-order valence-corrected chi connectivity index (χ2v) is 6.15. The van der Waals surface area contributed by atoms with Crippen LogP contribution in [0.3, 0.4) is 0 Å². The van der Waals surface area contributed by atoms with Crippen LogP contribution >= 0.6 is 0 Å². The van der Waals surface area contributed by atoms with E-state index >= 15 is 0 Å². The molecule has 24 heavy (non-hydrogen) atoms. The third kappa shape index (κ3) is 4.35. The molecule has 0 aliphatic carbocycles. The van der Waals surface area contributed by atoms with Crippen molar-refractivity contribution < 1.29 is 4.79 Å². The second-order valence-electron chi connectivity index (χ2n) is 6.15. The highest BCUT2D eigenvalue weighted by Crippen LogP contribution is 2.18. The van der Waals surface area contributed by atoms with Crippen molar-refractivity contribution in [3.8, 4) is 0 Å². The molecule has 0 bridgehead atoms. The molecule has 1 aliphatic heterocycles. The number of benzene rings is 1. The number of nitrogens with zero attached hydrogens (tertiary/aromatic N) is 3. The molecular weight excluding hydrogens is 302 g/mol. The van der Waals surface area contributed by atoms with Crippen molar-refractivity contribution in [3.63, 3.8) is 0 Å². The minimum absolute atomic E-state index is 0.0227. The fourth-order valence-electron chi connectivity index (χ4n) is 3.07. The Morgan fingerprint density at radius 1 is 1.25 bits per heavy atom. The van der Waals surface area contributed by atoms with E-state index in [0.717, 1.165) is 31.7 Å². The summed E-state index contributed by atoms with van der Waals surface area (Å²) >= 11 is 0. The van der Waals surface area contributed by atoms with Crippen LogP contribution in [0, 0.1) is 0 Å². The fraction of sp³-hybridized carbons (Fsp3) is 0.444. The Kier molecular flexibility index (Phi) is 5.48. The molecule has 2 aromatic rings. The van der Waals surface area contributed by atoms with Gasteiger partial charge in [-0.1, -0.05) is 30.3 Å². The van der Waals surface area contributed by atoms with Gasteiger partial charge in [-0.25, -0.2) is 4.79 Å². The molecule has 0 radical (unpaired) electrons. The summed E-state index contributed by atoms with van der Waals surface area (Å²) in [7, 11) is 0. The standard InChI is InChI=1S/C18H25N5O/c1-2-23-13-16(12-19-23)20-18(24)21-17(14-22-10-6-7-11-22)15-8-4-3-5-9-15/h3-5,8-9,12-13,17H,2,6-7,10-11,14H2,1H3,(H2,20,21,24). The van der Waals surface area contributed by atoms with Crippen molar-refractivity contribution >= 4 is 11.7 Å². The average Bonchev–Trinajstić information content (AvgIpc) is 3.26. The van der Waals surface area contributed by atoms with Gasteiger partial charge in [0.2, 0.25) is 0 Å². The topological polar surface area (TPSA) is 62.2 Å². The van der Waals surface area contributed by atoms with E-state index in [1.807, 2.05) is 31.3 Å². The van der Waals surface area contributed by atoms with Crippen molar-refractivity contribution in [2.75, 3.05) is 25.0 Å². The van der Waals surface area contributed by atoms with Crippen molar-refractivity contribution in [2.45, 2.75) is 32.4 Å². The zero-order valence-electron chi connectivity index (χ0n) is 14.1. The zero-order valence-corrected chi connectivity index (χ0v) is 14.1. The van der Waals surface area contributed by atoms with Gasteiger partial charge in [-0.05, 0) is 38.4 Å². The minimum atomic E-state index is -0.196. The van der Waals surface area contributed by atoms with E-state index in [2.05, 4.69) is 32.8 Å². The lowest BCUT2D eigenvalue weighted by molar-refractivity contribution is 0.240. The Hall–Kier alpha value is -2.34. The largest absolute Gasteiger partial charge is 0.330 e. The lowest BCUT2D eigenvalue weighted by atomic mass is 10.1. The molecule has 3 rings (SSSR count). The highest BCUT2D eigenvalue weighted by Gasteiger charge is 2.20. The Morgan fingerprint density at radius 3 is 2.67 bits per heavy atom. The number of hydrogen-bond acceptors (Lipinski definition) is 3. The van der Waals surface area contributed by atoms with Crippen LogP contribution in [0.15, 0.2) is 42.7 Å². The highest BCUT2D eigenvalue weighted by atomic mass is 16.2. The molecule has 2 heterocycles. The van der Waals surface area contributed by atoms with Gasteiger partial charge in [-0.2, -0.15) is 5.10 Å². The third-order valence-corrected chi connectivity index (χ3v) is 4.36. The average molecular weight is 327 g/mol. The smallest absolute Gasteiger partial charge is 0.319 e. The van der Waals surface area contributed by atoms with Crippen molar-refractivity contribution in [3.05, 3.63) is 48.3 Å². The molecule has 0 spiro atoms. The second kappa shape index (κ2) is 7.97. The number of carbonyl (C=O) groups excluding carboxylic acids is 1. The molecule has 128 valence electrons. The van der Waals surface area contributed by atoms with Gasteiger partial charge < -0.3 is 15.5 Å². The molecular formula is C18H25N5O. The Bertz CT molecular complexity index is 648. The first-order valence-electron chi connectivity index (χ1n) is 8.62. The molecule has 6 heteroatoms. The summed E-state index contributed by atoms with van der Waals surface area (Å²) in [5.74, 6) is 0. The normalized spacial score (nSPS) is 16.0. The van der Waals surface area contributed by atoms with Gasteiger partial charge in [-0.15, -0.1) is 0 Å². The van der Waals surface area contributed by atoms with Crippen LogP contribution in [0.5, 0.6) is 0 Å². The molecule has 1 fully saturated rings. The lowest BCUT2D eigenvalue weighted by Gasteiger charge is -2.25. The number of amides is 2. The number of anilines is 1. The summed E-state index contributed by atoms with van der Waals surface area (Å²) in [4.78, 5) is 14.8. The number of nitrogens with one attached hydrogen (secondary N) is 2. The van der Waals surface area contributed by atoms with Gasteiger partial charge in [0.15, 0.2) is 0 Å². The number of aryl methyl sites for hydroxylation is 1. The van der Waals surface area contributed by atoms with E-state index in [1.54, 1.807) is 10.9 Å². The van der Waals surface area contributed by atoms with Gasteiger partial charge in [0.05, 0.1) is 17.9 Å². The van der Waals surface area contributed by atoms with E-state index in [4.69, 9.17) is 0 Å². The van der Waals surface area contributed by atoms with Gasteiger partial charge in [0.25, 0.3) is 0 Å². The van der Waals surface area contributed by atoms with E-state index in [9.17, 15) is 4.79 Å². The summed E-state index contributed by atoms with van der Waals surface area (Å²) in [6, 6.07) is 9.93. The summed E-state index contributed by atoms with van der Waals surface area (Å²) < 4.78 is 1.79. The first-order chi connectivity index (χ1) is 11.7. The molecule has 6 nitrogen and oxygen atoms in total. The molecule has 1 saturated heterocycles. The van der Waals surface area contributed by atoms with Crippen molar-refractivity contribution in [1.29, 1.82) is 0 Å². The third-order valence-electron chi connectivity index (χ3n) is 4.36. The monoisotopic (exact) mass is 327 g/mol. The number of likely N-dealkylation sites (tertiary alicyclic amines) is 1. The molecule has 1 aromatic carbocycles. The van der Waals surface area contributed by atoms with Gasteiger partial charge >= 0.3 is 6.03 Å². The molecule has 0 saturated carbocycles. The molecule has 1 atom stereocenters. The Labute approximate surface area is 142 Å². The maximum atomic E-state index is 12.4. The maximum Gasteiger partial charge on any atom is 0.319 e. The number of urea groups is 1. The summed E-state index contributed by atoms with van der Waals surface area (Å²) in [6.45, 7) is 5.85. The van der Waals surface area contributed by atoms with Gasteiger partial charge in [0, 0.05) is 19.3 Å². The molecule has 1 unspecified atom stereocenters. The summed E-state index contributed by atoms with van der Waals surface area (Å²) in [6.07, 6.45) is 5.98. The van der Waals surface area contributed by atoms with E-state index in [0.29, 0.717) is 5.69 Å². The summed E-state index contributed by atoms with van der Waals surface area (Å²) in [5.41, 5.74) is 1.84. The predicted octanol–water partition coefficient (Wildman–Crippen LogP) is 2.86. The number of aromatic nitrogens is 2. The van der Waals surface area contributed by atoms with Crippen LogP contribution in [0.1, 0.15) is 31.4 Å². The maximum absolute atomic E-state index is 12.4.